The van der Waals surface area contributed by atoms with Crippen molar-refractivity contribution >= 4 is 23.3 Å². The molecule has 0 aliphatic carbocycles. The Balaban J connectivity index is 2.70. The zero-order valence-electron chi connectivity index (χ0n) is 10.4. The van der Waals surface area contributed by atoms with E-state index in [1.807, 2.05) is 13.8 Å². The van der Waals surface area contributed by atoms with E-state index in [1.54, 1.807) is 23.0 Å². The molecule has 0 bridgehead atoms. The first-order valence-corrected chi connectivity index (χ1v) is 5.93. The van der Waals surface area contributed by atoms with Gasteiger partial charge in [0.25, 0.3) is 0 Å². The normalized spacial score (nSPS) is 10.1. The molecule has 5 nitrogen and oxygen atoms in total. The lowest BCUT2D eigenvalue weighted by Gasteiger charge is -2.23. The van der Waals surface area contributed by atoms with Gasteiger partial charge < -0.3 is 9.80 Å². The number of anilines is 1. The molecule has 1 heterocycles. The average Bonchev–Trinajstić information content (AvgIpc) is 2.31. The lowest BCUT2D eigenvalue weighted by molar-refractivity contribution is -0.129. The monoisotopic (exact) mass is 256 g/mol. The first-order chi connectivity index (χ1) is 8.10. The second-order valence-electron chi connectivity index (χ2n) is 3.59. The molecule has 0 atom stereocenters. The molecule has 0 aliphatic heterocycles. The van der Waals surface area contributed by atoms with Gasteiger partial charge in [-0.25, -0.2) is 9.97 Å². The minimum Gasteiger partial charge on any atom is -0.348 e. The van der Waals surface area contributed by atoms with Crippen molar-refractivity contribution in [1.29, 1.82) is 0 Å². The molecule has 0 aliphatic rings. The molecule has 1 amide bonds. The lowest BCUT2D eigenvalue weighted by atomic mass is 10.4. The summed E-state index contributed by atoms with van der Waals surface area (Å²) in [7, 11) is 1.78. The predicted octanol–water partition coefficient (Wildman–Crippen LogP) is 1.43. The highest BCUT2D eigenvalue weighted by molar-refractivity contribution is 6.31. The first-order valence-electron chi connectivity index (χ1n) is 5.55. The maximum absolute atomic E-state index is 11.9. The Bertz CT molecular complexity index is 381. The van der Waals surface area contributed by atoms with Crippen molar-refractivity contribution in [3.8, 4) is 0 Å². The minimum absolute atomic E-state index is 0.0548. The van der Waals surface area contributed by atoms with Gasteiger partial charge in [0.15, 0.2) is 11.0 Å². The van der Waals surface area contributed by atoms with Crippen LogP contribution >= 0.6 is 11.6 Å². The van der Waals surface area contributed by atoms with E-state index in [0.717, 1.165) is 0 Å². The Hall–Kier alpha value is -1.36. The molecule has 0 saturated heterocycles. The summed E-state index contributed by atoms with van der Waals surface area (Å²) < 4.78 is 0. The smallest absolute Gasteiger partial charge is 0.242 e. The molecule has 0 fully saturated rings. The van der Waals surface area contributed by atoms with Gasteiger partial charge in [-0.3, -0.25) is 4.79 Å². The summed E-state index contributed by atoms with van der Waals surface area (Å²) in [6.45, 7) is 5.57. The summed E-state index contributed by atoms with van der Waals surface area (Å²) >= 11 is 5.91. The van der Waals surface area contributed by atoms with Crippen molar-refractivity contribution < 1.29 is 4.79 Å². The third-order valence-electron chi connectivity index (χ3n) is 2.49. The Morgan fingerprint density at radius 1 is 1.29 bits per heavy atom. The molecule has 17 heavy (non-hydrogen) atoms. The third-order valence-corrected chi connectivity index (χ3v) is 2.75. The molecule has 0 aromatic carbocycles. The van der Waals surface area contributed by atoms with Crippen LogP contribution in [0.5, 0.6) is 0 Å². The fourth-order valence-corrected chi connectivity index (χ4v) is 1.77. The van der Waals surface area contributed by atoms with Crippen LogP contribution in [0, 0.1) is 0 Å². The van der Waals surface area contributed by atoms with Crippen LogP contribution in [-0.2, 0) is 4.79 Å². The molecule has 1 rings (SSSR count). The van der Waals surface area contributed by atoms with E-state index in [-0.39, 0.29) is 12.5 Å². The Morgan fingerprint density at radius 3 is 2.41 bits per heavy atom. The van der Waals surface area contributed by atoms with Gasteiger partial charge in [-0.15, -0.1) is 0 Å². The van der Waals surface area contributed by atoms with Crippen molar-refractivity contribution in [1.82, 2.24) is 14.9 Å². The van der Waals surface area contributed by atoms with Gasteiger partial charge in [0, 0.05) is 32.5 Å². The zero-order chi connectivity index (χ0) is 12.8. The van der Waals surface area contributed by atoms with Crippen LogP contribution in [0.3, 0.4) is 0 Å². The van der Waals surface area contributed by atoms with Gasteiger partial charge in [-0.1, -0.05) is 11.6 Å². The number of rotatable bonds is 5. The van der Waals surface area contributed by atoms with Crippen LogP contribution in [0.4, 0.5) is 5.82 Å². The molecule has 94 valence electrons. The molecule has 0 saturated carbocycles. The predicted molar refractivity (Wildman–Crippen MR) is 68.2 cm³/mol. The van der Waals surface area contributed by atoms with Crippen LogP contribution < -0.4 is 4.90 Å². The Kier molecular flexibility index (Phi) is 5.15. The highest BCUT2D eigenvalue weighted by Gasteiger charge is 2.15. The maximum atomic E-state index is 11.9. The van der Waals surface area contributed by atoms with Crippen LogP contribution in [0.2, 0.25) is 5.15 Å². The van der Waals surface area contributed by atoms with Gasteiger partial charge >= 0.3 is 0 Å². The quantitative estimate of drug-likeness (QED) is 0.800. The molecule has 0 unspecified atom stereocenters. The first kappa shape index (κ1) is 13.7. The van der Waals surface area contributed by atoms with Crippen LogP contribution in [-0.4, -0.2) is 47.5 Å². The van der Waals surface area contributed by atoms with Crippen molar-refractivity contribution in [3.05, 3.63) is 17.5 Å². The molecule has 0 radical (unpaired) electrons. The molecular formula is C11H17ClN4O. The Labute approximate surface area is 106 Å². The molecular weight excluding hydrogens is 240 g/mol. The zero-order valence-corrected chi connectivity index (χ0v) is 11.1. The highest BCUT2D eigenvalue weighted by Crippen LogP contribution is 2.17. The topological polar surface area (TPSA) is 49.3 Å². The molecule has 0 N–H and O–H groups in total. The van der Waals surface area contributed by atoms with E-state index in [0.29, 0.717) is 24.1 Å². The van der Waals surface area contributed by atoms with E-state index in [2.05, 4.69) is 9.97 Å². The minimum atomic E-state index is 0.0548. The van der Waals surface area contributed by atoms with Gasteiger partial charge in [0.2, 0.25) is 5.91 Å². The van der Waals surface area contributed by atoms with Crippen LogP contribution in [0.25, 0.3) is 0 Å². The van der Waals surface area contributed by atoms with E-state index in [4.69, 9.17) is 11.6 Å². The van der Waals surface area contributed by atoms with Crippen molar-refractivity contribution in [2.45, 2.75) is 13.8 Å². The van der Waals surface area contributed by atoms with E-state index in [9.17, 15) is 4.79 Å². The van der Waals surface area contributed by atoms with Gasteiger partial charge in [-0.05, 0) is 13.8 Å². The number of nitrogens with zero attached hydrogens (tertiary/aromatic N) is 4. The van der Waals surface area contributed by atoms with Crippen molar-refractivity contribution in [2.24, 2.45) is 0 Å². The summed E-state index contributed by atoms with van der Waals surface area (Å²) in [5.41, 5.74) is 0. The largest absolute Gasteiger partial charge is 0.348 e. The van der Waals surface area contributed by atoms with Crippen LogP contribution in [0.1, 0.15) is 13.8 Å². The maximum Gasteiger partial charge on any atom is 0.242 e. The van der Waals surface area contributed by atoms with E-state index < -0.39 is 0 Å². The fourth-order valence-electron chi connectivity index (χ4n) is 1.52. The molecule has 1 aromatic heterocycles. The third kappa shape index (κ3) is 3.56. The molecule has 1 aromatic rings. The number of likely N-dealkylation sites (N-methyl/N-ethyl adjacent to an activating group) is 2. The summed E-state index contributed by atoms with van der Waals surface area (Å²) in [5.74, 6) is 0.578. The second kappa shape index (κ2) is 6.39. The standard InChI is InChI=1S/C11H17ClN4O/c1-4-16(5-2)9(17)8-15(3)11-10(12)13-6-7-14-11/h6-7H,4-5,8H2,1-3H3. The van der Waals surface area contributed by atoms with Crippen LogP contribution in [0.15, 0.2) is 12.4 Å². The van der Waals surface area contributed by atoms with Crippen molar-refractivity contribution in [3.63, 3.8) is 0 Å². The van der Waals surface area contributed by atoms with E-state index in [1.165, 1.54) is 6.20 Å². The number of halogens is 1. The highest BCUT2D eigenvalue weighted by atomic mass is 35.5. The van der Waals surface area contributed by atoms with Gasteiger partial charge in [0.1, 0.15) is 0 Å². The summed E-state index contributed by atoms with van der Waals surface area (Å²) in [5, 5.41) is 0.308. The summed E-state index contributed by atoms with van der Waals surface area (Å²) in [6, 6.07) is 0. The summed E-state index contributed by atoms with van der Waals surface area (Å²) in [4.78, 5) is 23.4. The number of aromatic nitrogens is 2. The lowest BCUT2D eigenvalue weighted by Crippen LogP contribution is -2.39. The Morgan fingerprint density at radius 2 is 1.88 bits per heavy atom. The number of carbonyl (C=O) groups excluding carboxylic acids is 1. The number of hydrogen-bond acceptors (Lipinski definition) is 4. The number of amides is 1. The van der Waals surface area contributed by atoms with Crippen molar-refractivity contribution in [2.75, 3.05) is 31.6 Å². The number of hydrogen-bond donors (Lipinski definition) is 0. The fraction of sp³-hybridized carbons (Fsp3) is 0.545. The number of carbonyl (C=O) groups is 1. The molecule has 6 heteroatoms. The SMILES string of the molecule is CCN(CC)C(=O)CN(C)c1nccnc1Cl. The van der Waals surface area contributed by atoms with Gasteiger partial charge in [-0.2, -0.15) is 0 Å². The summed E-state index contributed by atoms with van der Waals surface area (Å²) in [6.07, 6.45) is 3.07. The second-order valence-corrected chi connectivity index (χ2v) is 3.95. The van der Waals surface area contributed by atoms with E-state index >= 15 is 0 Å². The molecule has 0 spiro atoms. The van der Waals surface area contributed by atoms with Gasteiger partial charge in [0.05, 0.1) is 6.54 Å². The average molecular weight is 257 g/mol.